The molecule has 0 aromatic heterocycles. The highest BCUT2D eigenvalue weighted by molar-refractivity contribution is 5.99. The van der Waals surface area contributed by atoms with E-state index >= 15 is 0 Å². The quantitative estimate of drug-likeness (QED) is 0.313. The molecule has 2 rings (SSSR count). The van der Waals surface area contributed by atoms with Gasteiger partial charge in [0.2, 0.25) is 0 Å². The third kappa shape index (κ3) is 4.17. The highest BCUT2D eigenvalue weighted by atomic mass is 19.4. The summed E-state index contributed by atoms with van der Waals surface area (Å²) >= 11 is 0. The fourth-order valence-corrected chi connectivity index (χ4v) is 2.78. The number of alkyl halides is 17. The maximum Gasteiger partial charge on any atom is 0.460 e. The Morgan fingerprint density at radius 1 is 0.500 bits per heavy atom. The largest absolute Gasteiger partial charge is 0.460 e. The topological polar surface area (TPSA) is 29.1 Å². The molecule has 2 aromatic rings. The molecule has 0 fully saturated rings. The molecule has 0 bridgehead atoms. The van der Waals surface area contributed by atoms with Crippen molar-refractivity contribution in [1.29, 1.82) is 0 Å². The Morgan fingerprint density at radius 2 is 0.895 bits per heavy atom. The number of benzene rings is 2. The molecule has 214 valence electrons. The molecule has 38 heavy (non-hydrogen) atoms. The van der Waals surface area contributed by atoms with Gasteiger partial charge in [0.15, 0.2) is 0 Å². The van der Waals surface area contributed by atoms with Gasteiger partial charge in [0, 0.05) is 5.69 Å². The number of carbonyl (C=O) groups excluding carboxylic acids is 1. The Labute approximate surface area is 198 Å². The summed E-state index contributed by atoms with van der Waals surface area (Å²) in [5.41, 5.74) is -0.888. The van der Waals surface area contributed by atoms with Crippen LogP contribution in [0.2, 0.25) is 0 Å². The van der Waals surface area contributed by atoms with Gasteiger partial charge in [-0.3, -0.25) is 4.79 Å². The van der Waals surface area contributed by atoms with Crippen molar-refractivity contribution >= 4 is 22.4 Å². The van der Waals surface area contributed by atoms with Gasteiger partial charge in [-0.2, -0.15) is 74.6 Å². The average Bonchev–Trinajstić information content (AvgIpc) is 2.77. The van der Waals surface area contributed by atoms with Crippen LogP contribution in [0.15, 0.2) is 42.5 Å². The van der Waals surface area contributed by atoms with Gasteiger partial charge in [-0.15, -0.1) is 0 Å². The molecule has 0 atom stereocenters. The van der Waals surface area contributed by atoms with E-state index in [9.17, 15) is 79.4 Å². The van der Waals surface area contributed by atoms with E-state index in [0.29, 0.717) is 11.5 Å². The zero-order valence-electron chi connectivity index (χ0n) is 17.4. The monoisotopic (exact) mass is 589 g/mol. The van der Waals surface area contributed by atoms with Crippen molar-refractivity contribution in [3.05, 3.63) is 42.5 Å². The van der Waals surface area contributed by atoms with E-state index in [1.807, 2.05) is 0 Å². The van der Waals surface area contributed by atoms with Crippen LogP contribution < -0.4 is 5.32 Å². The lowest BCUT2D eigenvalue weighted by atomic mass is 9.88. The molecule has 0 radical (unpaired) electrons. The Hall–Kier alpha value is -3.02. The number of hydrogen-bond donors (Lipinski definition) is 1. The smallest absolute Gasteiger partial charge is 0.321 e. The highest BCUT2D eigenvalue weighted by Gasteiger charge is 2.95. The molecule has 19 heteroatoms. The fraction of sp³-hybridized carbons (Fsp3) is 0.421. The minimum Gasteiger partial charge on any atom is -0.321 e. The van der Waals surface area contributed by atoms with Crippen LogP contribution in [0.4, 0.5) is 80.3 Å². The lowest BCUT2D eigenvalue weighted by Gasteiger charge is -2.42. The first-order valence-electron chi connectivity index (χ1n) is 9.23. The number of halogens is 17. The van der Waals surface area contributed by atoms with Crippen LogP contribution in [0.5, 0.6) is 0 Å². The molecule has 0 saturated carbocycles. The van der Waals surface area contributed by atoms with Gasteiger partial charge in [0.05, 0.1) is 0 Å². The molecule has 1 N–H and O–H groups in total. The van der Waals surface area contributed by atoms with Gasteiger partial charge < -0.3 is 5.32 Å². The van der Waals surface area contributed by atoms with Gasteiger partial charge in [0.25, 0.3) is 0 Å². The molecule has 1 amide bonds. The summed E-state index contributed by atoms with van der Waals surface area (Å²) in [6.07, 6.45) is -7.84. The van der Waals surface area contributed by atoms with Crippen molar-refractivity contribution in [3.63, 3.8) is 0 Å². The summed E-state index contributed by atoms with van der Waals surface area (Å²) in [4.78, 5) is 11.6. The Kier molecular flexibility index (Phi) is 7.19. The van der Waals surface area contributed by atoms with E-state index in [-0.39, 0.29) is 5.39 Å². The number of rotatable bonds is 8. The Bertz CT molecular complexity index is 1200. The van der Waals surface area contributed by atoms with Crippen LogP contribution in [0.1, 0.15) is 0 Å². The third-order valence-corrected chi connectivity index (χ3v) is 5.01. The van der Waals surface area contributed by atoms with E-state index in [2.05, 4.69) is 0 Å². The van der Waals surface area contributed by atoms with Crippen molar-refractivity contribution in [2.45, 2.75) is 47.6 Å². The molecule has 0 heterocycles. The molecular formula is C19H8F17NO. The van der Waals surface area contributed by atoms with Gasteiger partial charge in [-0.1, -0.05) is 30.3 Å². The summed E-state index contributed by atoms with van der Waals surface area (Å²) in [6.45, 7) is 0. The SMILES string of the molecule is O=C(Nc1ccc2ccccc2c1)C(F)(F)C(F)(F)C(F)(F)C(F)(F)C(F)(F)C(F)(F)C(F)(F)C(F)(F)F. The number of nitrogens with one attached hydrogen (secondary N) is 1. The summed E-state index contributed by atoms with van der Waals surface area (Å²) in [5.74, 6) is -61.7. The molecule has 0 spiro atoms. The van der Waals surface area contributed by atoms with E-state index in [0.717, 1.165) is 17.4 Å². The lowest BCUT2D eigenvalue weighted by molar-refractivity contribution is -0.459. The zero-order chi connectivity index (χ0) is 30.0. The first-order chi connectivity index (χ1) is 16.7. The van der Waals surface area contributed by atoms with Crippen LogP contribution in [0, 0.1) is 0 Å². The van der Waals surface area contributed by atoms with Crippen molar-refractivity contribution in [3.8, 4) is 0 Å². The predicted molar refractivity (Wildman–Crippen MR) is 93.3 cm³/mol. The molecule has 2 aromatic carbocycles. The Balaban J connectivity index is 2.52. The zero-order valence-corrected chi connectivity index (χ0v) is 17.4. The predicted octanol–water partition coefficient (Wildman–Crippen LogP) is 7.79. The van der Waals surface area contributed by atoms with E-state index in [4.69, 9.17) is 0 Å². The molecule has 0 aliphatic heterocycles. The first-order valence-corrected chi connectivity index (χ1v) is 9.23. The molecule has 0 saturated heterocycles. The molecular weight excluding hydrogens is 581 g/mol. The number of fused-ring (bicyclic) bond motifs is 1. The molecule has 2 nitrogen and oxygen atoms in total. The van der Waals surface area contributed by atoms with Crippen LogP contribution in [0.25, 0.3) is 10.8 Å². The molecule has 0 aliphatic rings. The number of amides is 1. The maximum atomic E-state index is 14.0. The molecule has 0 aliphatic carbocycles. The van der Waals surface area contributed by atoms with Crippen LogP contribution >= 0.6 is 0 Å². The Morgan fingerprint density at radius 3 is 1.34 bits per heavy atom. The summed E-state index contributed by atoms with van der Waals surface area (Å²) in [6, 6.07) is 7.89. The second-order valence-corrected chi connectivity index (χ2v) is 7.53. The van der Waals surface area contributed by atoms with Crippen LogP contribution in [0.3, 0.4) is 0 Å². The second-order valence-electron chi connectivity index (χ2n) is 7.53. The maximum absolute atomic E-state index is 14.0. The summed E-state index contributed by atoms with van der Waals surface area (Å²) in [5, 5.41) is 1.28. The van der Waals surface area contributed by atoms with E-state index < -0.39 is 59.2 Å². The van der Waals surface area contributed by atoms with Gasteiger partial charge in [-0.25, -0.2) is 0 Å². The number of anilines is 1. The van der Waals surface area contributed by atoms with Crippen molar-refractivity contribution in [2.24, 2.45) is 0 Å². The summed E-state index contributed by atoms with van der Waals surface area (Å²) < 4.78 is 226. The first kappa shape index (κ1) is 31.2. The van der Waals surface area contributed by atoms with Gasteiger partial charge >= 0.3 is 53.5 Å². The van der Waals surface area contributed by atoms with Gasteiger partial charge in [0.1, 0.15) is 0 Å². The standard InChI is InChI=1S/C19H8F17NO/c20-12(21,11(38)37-10-6-5-8-3-1-2-4-9(8)7-10)13(22,23)14(24,25)15(26,27)16(28,29)17(30,31)18(32,33)19(34,35)36/h1-7H,(H,37,38). The van der Waals surface area contributed by atoms with Crippen molar-refractivity contribution in [1.82, 2.24) is 0 Å². The average molecular weight is 589 g/mol. The normalized spacial score (nSPS) is 15.1. The van der Waals surface area contributed by atoms with E-state index in [1.54, 1.807) is 0 Å². The minimum absolute atomic E-state index is 0.0877. The van der Waals surface area contributed by atoms with Crippen molar-refractivity contribution in [2.75, 3.05) is 5.32 Å². The van der Waals surface area contributed by atoms with Crippen molar-refractivity contribution < 1.29 is 79.4 Å². The minimum atomic E-state index is -8.75. The lowest BCUT2D eigenvalue weighted by Crippen LogP contribution is -2.75. The number of carbonyl (C=O) groups is 1. The van der Waals surface area contributed by atoms with Gasteiger partial charge in [-0.05, 0) is 22.9 Å². The third-order valence-electron chi connectivity index (χ3n) is 5.01. The highest BCUT2D eigenvalue weighted by Crippen LogP contribution is 2.64. The summed E-state index contributed by atoms with van der Waals surface area (Å²) in [7, 11) is 0. The molecule has 0 unspecified atom stereocenters. The van der Waals surface area contributed by atoms with Crippen LogP contribution in [-0.2, 0) is 4.79 Å². The second kappa shape index (κ2) is 8.75. The fourth-order valence-electron chi connectivity index (χ4n) is 2.78. The number of hydrogen-bond acceptors (Lipinski definition) is 1. The van der Waals surface area contributed by atoms with E-state index in [1.165, 1.54) is 24.3 Å². The van der Waals surface area contributed by atoms with Crippen LogP contribution in [-0.4, -0.2) is 53.5 Å².